The number of fused-ring (bicyclic) bond motifs is 7. The minimum atomic E-state index is -1.60. The van der Waals surface area contributed by atoms with Crippen LogP contribution in [0.1, 0.15) is 97.5 Å². The summed E-state index contributed by atoms with van der Waals surface area (Å²) in [6, 6.07) is 66.1. The highest BCUT2D eigenvalue weighted by atomic mass is 28.3. The predicted molar refractivity (Wildman–Crippen MR) is 331 cm³/mol. The van der Waals surface area contributed by atoms with Gasteiger partial charge in [-0.2, -0.15) is 0 Å². The van der Waals surface area contributed by atoms with Crippen LogP contribution in [0.25, 0.3) is 11.1 Å². The van der Waals surface area contributed by atoms with E-state index in [1.165, 1.54) is 71.6 Å². The van der Waals surface area contributed by atoms with Gasteiger partial charge in [-0.15, -0.1) is 0 Å². The Morgan fingerprint density at radius 3 is 1.32 bits per heavy atom. The Balaban J connectivity index is 1.24. The zero-order chi connectivity index (χ0) is 53.7. The molecule has 1 aliphatic heterocycles. The van der Waals surface area contributed by atoms with Crippen molar-refractivity contribution >= 4 is 60.6 Å². The number of rotatable bonds is 10. The van der Waals surface area contributed by atoms with Gasteiger partial charge in [0.1, 0.15) is 11.9 Å². The molecule has 8 aromatic carbocycles. The van der Waals surface area contributed by atoms with Crippen molar-refractivity contribution < 1.29 is 4.74 Å². The quantitative estimate of drug-likeness (QED) is 0.127. The molecule has 2 atom stereocenters. The average molecular weight is 1030 g/mol. The van der Waals surface area contributed by atoms with E-state index in [0.29, 0.717) is 0 Å². The Bertz CT molecular complexity index is 3360. The number of hydrogen-bond donors (Lipinski definition) is 0. The Morgan fingerprint density at radius 1 is 0.447 bits per heavy atom. The number of ether oxygens (including phenoxy) is 1. The standard InChI is InChI=1S/C71H76N2OSi2/c1-47-19-23-51(24-20-47)71(52-25-21-48(2)22-26-52)62-45-57(72(53-31-27-49(28-32-53)69(3,4)5)54-35-40-58(41-36-54)75(9,10)11)39-44-60(62)66-63(71)46-64(67-61-17-15-16-18-65(61)74-68(66)67)73(55-33-29-50(30-34-55)70(6,7)8)56-37-42-59(43-38-56)76(12,13)14/h15-46,61,65H,1-14H3. The van der Waals surface area contributed by atoms with Crippen molar-refractivity contribution in [2.75, 3.05) is 9.80 Å². The fraction of sp³-hybridized carbons (Fsp3) is 0.268. The summed E-state index contributed by atoms with van der Waals surface area (Å²) in [4.78, 5) is 5.01. The molecule has 0 saturated carbocycles. The summed E-state index contributed by atoms with van der Waals surface area (Å²) in [6.45, 7) is 32.8. The first-order valence-corrected chi connectivity index (χ1v) is 34.6. The first kappa shape index (κ1) is 51.2. The molecule has 0 saturated heterocycles. The minimum Gasteiger partial charge on any atom is -0.484 e. The van der Waals surface area contributed by atoms with Gasteiger partial charge >= 0.3 is 0 Å². The molecule has 2 unspecified atom stereocenters. The molecule has 0 bridgehead atoms. The van der Waals surface area contributed by atoms with E-state index in [2.05, 4.69) is 299 Å². The second kappa shape index (κ2) is 18.7. The number of allylic oxidation sites excluding steroid dienone is 2. The number of hydrogen-bond acceptors (Lipinski definition) is 3. The molecule has 5 heteroatoms. The molecule has 0 radical (unpaired) electrons. The summed E-state index contributed by atoms with van der Waals surface area (Å²) in [5.74, 6) is 0.987. The van der Waals surface area contributed by atoms with Crippen molar-refractivity contribution in [2.24, 2.45) is 0 Å². The minimum absolute atomic E-state index is 0.00659. The molecular weight excluding hydrogens is 953 g/mol. The first-order valence-electron chi connectivity index (χ1n) is 27.6. The lowest BCUT2D eigenvalue weighted by Crippen LogP contribution is -2.37. The summed E-state index contributed by atoms with van der Waals surface area (Å²) in [6.07, 6.45) is 8.85. The predicted octanol–water partition coefficient (Wildman–Crippen LogP) is 18.3. The van der Waals surface area contributed by atoms with E-state index in [-0.39, 0.29) is 22.9 Å². The number of benzene rings is 8. The van der Waals surface area contributed by atoms with Crippen LogP contribution in [-0.2, 0) is 16.2 Å². The Labute approximate surface area is 456 Å². The SMILES string of the molecule is Cc1ccc(C2(c3ccc(C)cc3)c3cc(N(c4ccc(C(C)(C)C)cc4)c4ccc([Si](C)(C)C)cc4)ccc3-c3c2cc(N(c2ccc(C(C)(C)C)cc2)c2ccc([Si](C)(C)C)cc2)c2c3OC3C=CC=CC23)cc1. The molecule has 11 rings (SSSR count). The van der Waals surface area contributed by atoms with E-state index < -0.39 is 21.6 Å². The normalized spacial score (nSPS) is 16.4. The van der Waals surface area contributed by atoms with Gasteiger partial charge in [0.05, 0.1) is 27.3 Å². The van der Waals surface area contributed by atoms with E-state index >= 15 is 0 Å². The lowest BCUT2D eigenvalue weighted by molar-refractivity contribution is 0.269. The summed E-state index contributed by atoms with van der Waals surface area (Å²) in [5.41, 5.74) is 19.7. The summed E-state index contributed by atoms with van der Waals surface area (Å²) in [5, 5.41) is 2.89. The molecule has 3 aliphatic rings. The van der Waals surface area contributed by atoms with Crippen molar-refractivity contribution in [1.29, 1.82) is 0 Å². The van der Waals surface area contributed by atoms with Gasteiger partial charge in [-0.25, -0.2) is 0 Å². The van der Waals surface area contributed by atoms with Crippen LogP contribution in [0.3, 0.4) is 0 Å². The lowest BCUT2D eigenvalue weighted by Gasteiger charge is -2.36. The molecule has 0 spiro atoms. The van der Waals surface area contributed by atoms with Crippen LogP contribution in [-0.4, -0.2) is 22.3 Å². The highest BCUT2D eigenvalue weighted by Gasteiger charge is 2.51. The zero-order valence-electron chi connectivity index (χ0n) is 47.4. The van der Waals surface area contributed by atoms with E-state index in [9.17, 15) is 0 Å². The van der Waals surface area contributed by atoms with E-state index in [4.69, 9.17) is 4.74 Å². The van der Waals surface area contributed by atoms with Crippen molar-refractivity contribution in [1.82, 2.24) is 0 Å². The fourth-order valence-electron chi connectivity index (χ4n) is 12.0. The smallest absolute Gasteiger partial charge is 0.134 e. The van der Waals surface area contributed by atoms with Crippen LogP contribution in [0.5, 0.6) is 5.75 Å². The molecular formula is C71H76N2OSi2. The second-order valence-electron chi connectivity index (χ2n) is 26.0. The Kier molecular flexibility index (Phi) is 12.6. The topological polar surface area (TPSA) is 15.7 Å². The van der Waals surface area contributed by atoms with Gasteiger partial charge in [-0.3, -0.25) is 0 Å². The molecule has 8 aromatic rings. The van der Waals surface area contributed by atoms with Crippen molar-refractivity contribution in [2.45, 2.75) is 123 Å². The molecule has 0 amide bonds. The highest BCUT2D eigenvalue weighted by Crippen LogP contribution is 2.65. The summed E-state index contributed by atoms with van der Waals surface area (Å²) in [7, 11) is -3.17. The molecule has 0 N–H and O–H groups in total. The largest absolute Gasteiger partial charge is 0.484 e. The van der Waals surface area contributed by atoms with Crippen LogP contribution < -0.4 is 24.9 Å². The maximum Gasteiger partial charge on any atom is 0.134 e. The fourth-order valence-corrected chi connectivity index (χ4v) is 14.3. The van der Waals surface area contributed by atoms with Crippen molar-refractivity contribution in [3.05, 3.63) is 244 Å². The monoisotopic (exact) mass is 1030 g/mol. The Morgan fingerprint density at radius 2 is 0.868 bits per heavy atom. The average Bonchev–Trinajstić information content (AvgIpc) is 4.15. The lowest BCUT2D eigenvalue weighted by atomic mass is 9.67. The van der Waals surface area contributed by atoms with Gasteiger partial charge in [0.25, 0.3) is 0 Å². The van der Waals surface area contributed by atoms with Gasteiger partial charge < -0.3 is 14.5 Å². The summed E-state index contributed by atoms with van der Waals surface area (Å²) < 4.78 is 7.53. The van der Waals surface area contributed by atoms with Crippen LogP contribution in [0.2, 0.25) is 39.3 Å². The number of aryl methyl sites for hydroxylation is 2. The zero-order valence-corrected chi connectivity index (χ0v) is 49.4. The maximum absolute atomic E-state index is 7.53. The third-order valence-corrected chi connectivity index (χ3v) is 20.6. The maximum atomic E-state index is 7.53. The van der Waals surface area contributed by atoms with Gasteiger partial charge in [-0.05, 0) is 136 Å². The molecule has 2 aliphatic carbocycles. The summed E-state index contributed by atoms with van der Waals surface area (Å²) >= 11 is 0. The van der Waals surface area contributed by atoms with Crippen molar-refractivity contribution in [3.63, 3.8) is 0 Å². The molecule has 0 aromatic heterocycles. The van der Waals surface area contributed by atoms with Crippen LogP contribution >= 0.6 is 0 Å². The number of anilines is 6. The highest BCUT2D eigenvalue weighted by molar-refractivity contribution is 6.89. The molecule has 0 fully saturated rings. The van der Waals surface area contributed by atoms with Crippen molar-refractivity contribution in [3.8, 4) is 16.9 Å². The molecule has 3 nitrogen and oxygen atoms in total. The third-order valence-electron chi connectivity index (χ3n) is 16.5. The molecule has 76 heavy (non-hydrogen) atoms. The van der Waals surface area contributed by atoms with E-state index in [1.54, 1.807) is 0 Å². The second-order valence-corrected chi connectivity index (χ2v) is 36.2. The number of nitrogens with zero attached hydrogens (tertiary/aromatic N) is 2. The Hall–Kier alpha value is -6.93. The molecule has 1 heterocycles. The van der Waals surface area contributed by atoms with Crippen LogP contribution in [0, 0.1) is 13.8 Å². The van der Waals surface area contributed by atoms with Crippen LogP contribution in [0.15, 0.2) is 194 Å². The van der Waals surface area contributed by atoms with Gasteiger partial charge in [0.2, 0.25) is 0 Å². The first-order chi connectivity index (χ1) is 36.0. The third kappa shape index (κ3) is 8.93. The van der Waals surface area contributed by atoms with Gasteiger partial charge in [0, 0.05) is 45.5 Å². The van der Waals surface area contributed by atoms with Gasteiger partial charge in [0.15, 0.2) is 0 Å². The van der Waals surface area contributed by atoms with Crippen LogP contribution in [0.4, 0.5) is 34.1 Å². The molecule has 384 valence electrons. The van der Waals surface area contributed by atoms with Gasteiger partial charge in [-0.1, -0.05) is 224 Å². The van der Waals surface area contributed by atoms with E-state index in [1.807, 2.05) is 0 Å². The van der Waals surface area contributed by atoms with E-state index in [0.717, 1.165) is 39.9 Å².